The second-order valence-corrected chi connectivity index (χ2v) is 9.33. The van der Waals surface area contributed by atoms with E-state index in [4.69, 9.17) is 0 Å². The Balaban J connectivity index is 1.25. The number of anilines is 1. The van der Waals surface area contributed by atoms with Crippen LogP contribution in [0, 0.1) is 11.8 Å². The van der Waals surface area contributed by atoms with Crippen LogP contribution in [-0.4, -0.2) is 11.8 Å². The maximum Gasteiger partial charge on any atom is 0.238 e. The van der Waals surface area contributed by atoms with Crippen molar-refractivity contribution in [3.8, 4) is 0 Å². The Kier molecular flexibility index (Phi) is 4.33. The molecular weight excluding hydrogens is 434 g/mol. The Hall–Kier alpha value is -4.38. The van der Waals surface area contributed by atoms with Crippen LogP contribution in [0.1, 0.15) is 34.1 Å². The van der Waals surface area contributed by atoms with Crippen LogP contribution in [0.3, 0.4) is 0 Å². The van der Waals surface area contributed by atoms with Crippen molar-refractivity contribution in [1.82, 2.24) is 0 Å². The van der Waals surface area contributed by atoms with Crippen molar-refractivity contribution in [2.24, 2.45) is 22.1 Å². The van der Waals surface area contributed by atoms with Gasteiger partial charge in [-0.05, 0) is 58.7 Å². The van der Waals surface area contributed by atoms with Gasteiger partial charge < -0.3 is 0 Å². The fourth-order valence-electron chi connectivity index (χ4n) is 6.21. The highest BCUT2D eigenvalue weighted by molar-refractivity contribution is 6.23. The lowest BCUT2D eigenvalue weighted by molar-refractivity contribution is -0.122. The zero-order valence-corrected chi connectivity index (χ0v) is 18.8. The lowest BCUT2D eigenvalue weighted by Gasteiger charge is -2.45. The summed E-state index contributed by atoms with van der Waals surface area (Å²) >= 11 is 0. The van der Waals surface area contributed by atoms with Gasteiger partial charge in [0.2, 0.25) is 11.8 Å². The minimum atomic E-state index is -0.380. The Morgan fingerprint density at radius 1 is 0.486 bits per heavy atom. The average molecular weight is 456 g/mol. The van der Waals surface area contributed by atoms with Gasteiger partial charge in [0.05, 0.1) is 28.9 Å². The Bertz CT molecular complexity index is 1390. The van der Waals surface area contributed by atoms with Crippen molar-refractivity contribution in [1.29, 1.82) is 0 Å². The van der Waals surface area contributed by atoms with E-state index in [0.717, 1.165) is 5.69 Å². The number of carbonyl (C=O) groups excluding carboxylic acids is 2. The molecular formula is C30H21N3O2. The number of imide groups is 1. The van der Waals surface area contributed by atoms with Crippen molar-refractivity contribution in [3.63, 3.8) is 0 Å². The summed E-state index contributed by atoms with van der Waals surface area (Å²) in [5.41, 5.74) is 6.72. The fourth-order valence-corrected chi connectivity index (χ4v) is 6.21. The predicted molar refractivity (Wildman–Crippen MR) is 133 cm³/mol. The number of nitrogens with zero attached hydrogens (tertiary/aromatic N) is 3. The van der Waals surface area contributed by atoms with E-state index in [9.17, 15) is 9.59 Å². The van der Waals surface area contributed by atoms with Gasteiger partial charge in [0, 0.05) is 11.8 Å². The van der Waals surface area contributed by atoms with Gasteiger partial charge in [-0.3, -0.25) is 9.59 Å². The highest BCUT2D eigenvalue weighted by atomic mass is 16.2. The average Bonchev–Trinajstić information content (AvgIpc) is 3.18. The number of azo groups is 1. The summed E-state index contributed by atoms with van der Waals surface area (Å²) in [5, 5.41) is 8.52. The number of hydrogen-bond acceptors (Lipinski definition) is 4. The van der Waals surface area contributed by atoms with Crippen molar-refractivity contribution < 1.29 is 9.59 Å². The summed E-state index contributed by atoms with van der Waals surface area (Å²) in [5.74, 6) is -1.18. The van der Waals surface area contributed by atoms with E-state index in [2.05, 4.69) is 34.5 Å². The van der Waals surface area contributed by atoms with Crippen molar-refractivity contribution >= 4 is 28.9 Å². The SMILES string of the molecule is O=C1[C@H]2C3c4ccccc4C(c4ccccc43)[C@@H]2C(=O)N1c1ccc(N=Nc2ccccc2)cc1. The molecule has 1 heterocycles. The van der Waals surface area contributed by atoms with E-state index in [1.54, 1.807) is 24.3 Å². The molecule has 1 fully saturated rings. The minimum absolute atomic E-state index is 0.0993. The fraction of sp³-hybridized carbons (Fsp3) is 0.133. The molecule has 8 rings (SSSR count). The number of hydrogen-bond donors (Lipinski definition) is 0. The predicted octanol–water partition coefficient (Wildman–Crippen LogP) is 6.50. The van der Waals surface area contributed by atoms with Gasteiger partial charge >= 0.3 is 0 Å². The van der Waals surface area contributed by atoms with Crippen LogP contribution in [0.5, 0.6) is 0 Å². The van der Waals surface area contributed by atoms with Gasteiger partial charge in [0.15, 0.2) is 0 Å². The maximum atomic E-state index is 13.8. The summed E-state index contributed by atoms with van der Waals surface area (Å²) in [6.45, 7) is 0. The van der Waals surface area contributed by atoms with Crippen molar-refractivity contribution in [3.05, 3.63) is 125 Å². The first-order chi connectivity index (χ1) is 17.2. The largest absolute Gasteiger partial charge is 0.274 e. The molecule has 5 nitrogen and oxygen atoms in total. The molecule has 35 heavy (non-hydrogen) atoms. The summed E-state index contributed by atoms with van der Waals surface area (Å²) in [6.07, 6.45) is 0. The summed E-state index contributed by atoms with van der Waals surface area (Å²) in [4.78, 5) is 29.0. The van der Waals surface area contributed by atoms with Crippen LogP contribution in [0.25, 0.3) is 0 Å². The van der Waals surface area contributed by atoms with Gasteiger partial charge in [-0.15, -0.1) is 0 Å². The third-order valence-corrected chi connectivity index (χ3v) is 7.59. The van der Waals surface area contributed by atoms with E-state index >= 15 is 0 Å². The summed E-state index contributed by atoms with van der Waals surface area (Å²) in [6, 6.07) is 33.2. The Morgan fingerprint density at radius 3 is 1.34 bits per heavy atom. The number of carbonyl (C=O) groups is 2. The first-order valence-corrected chi connectivity index (χ1v) is 11.8. The van der Waals surface area contributed by atoms with E-state index in [1.165, 1.54) is 27.2 Å². The zero-order valence-electron chi connectivity index (χ0n) is 18.8. The second-order valence-electron chi connectivity index (χ2n) is 9.33. The van der Waals surface area contributed by atoms with E-state index < -0.39 is 0 Å². The quantitative estimate of drug-likeness (QED) is 0.262. The molecule has 5 heteroatoms. The second kappa shape index (κ2) is 7.57. The smallest absolute Gasteiger partial charge is 0.238 e. The molecule has 0 N–H and O–H groups in total. The van der Waals surface area contributed by atoms with Crippen LogP contribution in [-0.2, 0) is 9.59 Å². The molecule has 2 atom stereocenters. The third kappa shape index (κ3) is 2.88. The minimum Gasteiger partial charge on any atom is -0.274 e. The molecule has 0 radical (unpaired) electrons. The molecule has 1 aliphatic heterocycles. The highest BCUT2D eigenvalue weighted by Gasteiger charge is 2.61. The van der Waals surface area contributed by atoms with E-state index in [1.807, 2.05) is 54.6 Å². The molecule has 4 aromatic rings. The number of rotatable bonds is 3. The molecule has 0 saturated carbocycles. The number of benzene rings is 4. The third-order valence-electron chi connectivity index (χ3n) is 7.59. The van der Waals surface area contributed by atoms with Crippen molar-refractivity contribution in [2.45, 2.75) is 11.8 Å². The molecule has 1 saturated heterocycles. The van der Waals surface area contributed by atoms with Gasteiger partial charge in [0.25, 0.3) is 0 Å². The van der Waals surface area contributed by atoms with Gasteiger partial charge in [0.1, 0.15) is 0 Å². The molecule has 0 unspecified atom stereocenters. The first-order valence-electron chi connectivity index (χ1n) is 11.8. The zero-order chi connectivity index (χ0) is 23.5. The molecule has 0 aromatic heterocycles. The summed E-state index contributed by atoms with van der Waals surface area (Å²) < 4.78 is 0. The van der Waals surface area contributed by atoms with E-state index in [-0.39, 0.29) is 35.5 Å². The van der Waals surface area contributed by atoms with Crippen LogP contribution < -0.4 is 4.90 Å². The maximum absolute atomic E-state index is 13.8. The van der Waals surface area contributed by atoms with Gasteiger partial charge in [-0.1, -0.05) is 66.7 Å². The van der Waals surface area contributed by atoms with Crippen LogP contribution >= 0.6 is 0 Å². The van der Waals surface area contributed by atoms with Gasteiger partial charge in [-0.25, -0.2) is 4.90 Å². The topological polar surface area (TPSA) is 62.1 Å². The molecule has 4 aromatic carbocycles. The molecule has 2 amide bonds. The molecule has 3 aliphatic carbocycles. The highest BCUT2D eigenvalue weighted by Crippen LogP contribution is 2.61. The molecule has 2 bridgehead atoms. The molecule has 168 valence electrons. The molecule has 0 spiro atoms. The van der Waals surface area contributed by atoms with E-state index in [0.29, 0.717) is 11.4 Å². The van der Waals surface area contributed by atoms with Crippen LogP contribution in [0.4, 0.5) is 17.1 Å². The van der Waals surface area contributed by atoms with Crippen molar-refractivity contribution in [2.75, 3.05) is 4.90 Å². The Morgan fingerprint density at radius 2 is 0.886 bits per heavy atom. The standard InChI is InChI=1S/C30H21N3O2/c34-29-27-25-21-10-4-5-11-22(21)26(24-13-7-6-12-23(24)25)28(27)30(35)33(29)20-16-14-19(15-17-20)32-31-18-8-2-1-3-9-18/h1-17,25-28H/t25?,26?,27-,28-/m0/s1. The monoisotopic (exact) mass is 455 g/mol. The first kappa shape index (κ1) is 20.0. The van der Waals surface area contributed by atoms with Crippen LogP contribution in [0.15, 0.2) is 113 Å². The summed E-state index contributed by atoms with van der Waals surface area (Å²) in [7, 11) is 0. The Labute approximate surface area is 202 Å². The number of amides is 2. The van der Waals surface area contributed by atoms with Crippen LogP contribution in [0.2, 0.25) is 0 Å². The van der Waals surface area contributed by atoms with Gasteiger partial charge in [-0.2, -0.15) is 10.2 Å². The normalized spacial score (nSPS) is 23.9. The lowest BCUT2D eigenvalue weighted by atomic mass is 9.55. The lowest BCUT2D eigenvalue weighted by Crippen LogP contribution is -2.41. The molecule has 4 aliphatic rings.